The number of benzene rings is 2. The topological polar surface area (TPSA) is 41.9 Å². The van der Waals surface area contributed by atoms with Crippen LogP contribution in [0.5, 0.6) is 11.5 Å². The number of phenols is 1. The summed E-state index contributed by atoms with van der Waals surface area (Å²) in [6.45, 7) is 0. The Balaban J connectivity index is 1.61. The zero-order valence-corrected chi connectivity index (χ0v) is 15.5. The van der Waals surface area contributed by atoms with Crippen LogP contribution in [0.15, 0.2) is 48.5 Å². The van der Waals surface area contributed by atoms with Crippen molar-refractivity contribution in [1.82, 2.24) is 4.90 Å². The maximum absolute atomic E-state index is 9.65. The fraction of sp³-hybridized carbons (Fsp3) is 0.455. The summed E-state index contributed by atoms with van der Waals surface area (Å²) in [5, 5.41) is 9.65. The highest BCUT2D eigenvalue weighted by Gasteiger charge is 2.39. The molecule has 138 valence electrons. The van der Waals surface area contributed by atoms with Crippen LogP contribution in [-0.2, 0) is 4.74 Å². The van der Waals surface area contributed by atoms with E-state index < -0.39 is 0 Å². The molecule has 26 heavy (non-hydrogen) atoms. The summed E-state index contributed by atoms with van der Waals surface area (Å²) in [7, 11) is 3.93. The Bertz CT molecular complexity index is 731. The Hall–Kier alpha value is -2.04. The Labute approximate surface area is 155 Å². The van der Waals surface area contributed by atoms with Gasteiger partial charge in [-0.05, 0) is 68.1 Å². The van der Waals surface area contributed by atoms with Gasteiger partial charge in [-0.15, -0.1) is 0 Å². The lowest BCUT2D eigenvalue weighted by molar-refractivity contribution is -0.0427. The molecule has 2 fully saturated rings. The van der Waals surface area contributed by atoms with Gasteiger partial charge in [-0.25, -0.2) is 0 Å². The lowest BCUT2D eigenvalue weighted by atomic mass is 9.97. The molecular weight excluding hydrogens is 326 g/mol. The third kappa shape index (κ3) is 3.44. The van der Waals surface area contributed by atoms with Gasteiger partial charge in [0, 0.05) is 12.1 Å². The molecule has 2 aliphatic rings. The lowest BCUT2D eigenvalue weighted by Gasteiger charge is -2.38. The Morgan fingerprint density at radius 2 is 1.69 bits per heavy atom. The summed E-state index contributed by atoms with van der Waals surface area (Å²) < 4.78 is 12.1. The molecule has 2 aromatic rings. The van der Waals surface area contributed by atoms with E-state index in [-0.39, 0.29) is 18.0 Å². The summed E-state index contributed by atoms with van der Waals surface area (Å²) in [6, 6.07) is 16.7. The number of piperidine rings is 1. The van der Waals surface area contributed by atoms with Crippen molar-refractivity contribution in [2.45, 2.75) is 50.0 Å². The molecular formula is C22H27NO3. The summed E-state index contributed by atoms with van der Waals surface area (Å²) in [5.74, 6) is 1.11. The van der Waals surface area contributed by atoms with Gasteiger partial charge in [0.2, 0.25) is 0 Å². The summed E-state index contributed by atoms with van der Waals surface area (Å²) in [4.78, 5) is 2.53. The molecule has 4 rings (SSSR count). The van der Waals surface area contributed by atoms with E-state index in [0.717, 1.165) is 29.7 Å². The van der Waals surface area contributed by atoms with E-state index in [1.165, 1.54) is 12.8 Å². The van der Waals surface area contributed by atoms with Crippen LogP contribution in [0.4, 0.5) is 0 Å². The second kappa shape index (κ2) is 7.29. The molecule has 0 radical (unpaired) electrons. The van der Waals surface area contributed by atoms with Crippen molar-refractivity contribution in [3.63, 3.8) is 0 Å². The van der Waals surface area contributed by atoms with Crippen LogP contribution < -0.4 is 4.74 Å². The van der Waals surface area contributed by atoms with E-state index in [1.807, 2.05) is 30.3 Å². The largest absolute Gasteiger partial charge is 0.508 e. The normalized spacial score (nSPS) is 26.6. The fourth-order valence-electron chi connectivity index (χ4n) is 4.47. The standard InChI is InChI=1S/C22H27NO3/c1-23-17-8-9-18(23)14-21(13-17)26-22(15-6-10-19(24)11-7-15)16-4-3-5-20(12-16)25-2/h3-7,10-12,17-18,21-22,24H,8-9,13-14H2,1-2H3/t17-,18+,21?,22?. The molecule has 2 heterocycles. The fourth-order valence-corrected chi connectivity index (χ4v) is 4.47. The van der Waals surface area contributed by atoms with E-state index >= 15 is 0 Å². The molecule has 2 unspecified atom stereocenters. The minimum absolute atomic E-state index is 0.154. The molecule has 2 bridgehead atoms. The van der Waals surface area contributed by atoms with Crippen molar-refractivity contribution in [2.75, 3.05) is 14.2 Å². The number of hydrogen-bond acceptors (Lipinski definition) is 4. The molecule has 2 saturated heterocycles. The number of phenolic OH excluding ortho intramolecular Hbond substituents is 1. The van der Waals surface area contributed by atoms with Crippen molar-refractivity contribution >= 4 is 0 Å². The zero-order valence-electron chi connectivity index (χ0n) is 15.5. The average Bonchev–Trinajstić information content (AvgIpc) is 2.88. The van der Waals surface area contributed by atoms with Gasteiger partial charge in [0.25, 0.3) is 0 Å². The first-order chi connectivity index (χ1) is 12.6. The predicted octanol–water partition coefficient (Wildman–Crippen LogP) is 4.13. The Morgan fingerprint density at radius 1 is 1.00 bits per heavy atom. The van der Waals surface area contributed by atoms with Crippen molar-refractivity contribution < 1.29 is 14.6 Å². The van der Waals surface area contributed by atoms with E-state index in [4.69, 9.17) is 9.47 Å². The predicted molar refractivity (Wildman–Crippen MR) is 102 cm³/mol. The molecule has 0 amide bonds. The van der Waals surface area contributed by atoms with Crippen LogP contribution in [-0.4, -0.2) is 42.4 Å². The molecule has 4 nitrogen and oxygen atoms in total. The quantitative estimate of drug-likeness (QED) is 0.877. The number of hydrogen-bond donors (Lipinski definition) is 1. The molecule has 0 saturated carbocycles. The molecule has 1 N–H and O–H groups in total. The molecule has 0 aliphatic carbocycles. The van der Waals surface area contributed by atoms with Gasteiger partial charge in [-0.2, -0.15) is 0 Å². The summed E-state index contributed by atoms with van der Waals surface area (Å²) in [6.07, 6.45) is 4.85. The van der Waals surface area contributed by atoms with Gasteiger partial charge in [0.05, 0.1) is 13.2 Å². The third-order valence-electron chi connectivity index (χ3n) is 5.98. The van der Waals surface area contributed by atoms with Crippen LogP contribution in [0.2, 0.25) is 0 Å². The molecule has 2 aromatic carbocycles. The van der Waals surface area contributed by atoms with Crippen molar-refractivity contribution in [2.24, 2.45) is 0 Å². The number of fused-ring (bicyclic) bond motifs is 2. The smallest absolute Gasteiger partial charge is 0.119 e. The van der Waals surface area contributed by atoms with Crippen LogP contribution >= 0.6 is 0 Å². The van der Waals surface area contributed by atoms with Crippen LogP contribution in [0, 0.1) is 0 Å². The van der Waals surface area contributed by atoms with Gasteiger partial charge in [0.1, 0.15) is 17.6 Å². The molecule has 0 spiro atoms. The number of ether oxygens (including phenoxy) is 2. The highest BCUT2D eigenvalue weighted by Crippen LogP contribution is 2.39. The first kappa shape index (κ1) is 17.4. The SMILES string of the molecule is COc1cccc(C(OC2C[C@H]3CC[C@@H](C2)N3C)c2ccc(O)cc2)c1. The zero-order chi connectivity index (χ0) is 18.1. The van der Waals surface area contributed by atoms with Gasteiger partial charge in [-0.1, -0.05) is 24.3 Å². The monoisotopic (exact) mass is 353 g/mol. The van der Waals surface area contributed by atoms with Gasteiger partial charge >= 0.3 is 0 Å². The molecule has 0 aromatic heterocycles. The van der Waals surface area contributed by atoms with Crippen molar-refractivity contribution in [3.05, 3.63) is 59.7 Å². The lowest BCUT2D eigenvalue weighted by Crippen LogP contribution is -2.43. The first-order valence-corrected chi connectivity index (χ1v) is 9.44. The van der Waals surface area contributed by atoms with Crippen LogP contribution in [0.1, 0.15) is 42.9 Å². The second-order valence-electron chi connectivity index (χ2n) is 7.53. The van der Waals surface area contributed by atoms with Crippen LogP contribution in [0.3, 0.4) is 0 Å². The minimum Gasteiger partial charge on any atom is -0.508 e. The van der Waals surface area contributed by atoms with Gasteiger partial charge in [0.15, 0.2) is 0 Å². The number of aromatic hydroxyl groups is 1. The van der Waals surface area contributed by atoms with E-state index in [1.54, 1.807) is 19.2 Å². The van der Waals surface area contributed by atoms with Crippen LogP contribution in [0.25, 0.3) is 0 Å². The highest BCUT2D eigenvalue weighted by atomic mass is 16.5. The first-order valence-electron chi connectivity index (χ1n) is 9.44. The number of nitrogens with zero attached hydrogens (tertiary/aromatic N) is 1. The second-order valence-corrected chi connectivity index (χ2v) is 7.53. The maximum Gasteiger partial charge on any atom is 0.119 e. The van der Waals surface area contributed by atoms with E-state index in [2.05, 4.69) is 18.0 Å². The Kier molecular flexibility index (Phi) is 4.88. The maximum atomic E-state index is 9.65. The molecule has 4 heteroatoms. The summed E-state index contributed by atoms with van der Waals surface area (Å²) >= 11 is 0. The average molecular weight is 353 g/mol. The molecule has 4 atom stereocenters. The minimum atomic E-state index is -0.154. The van der Waals surface area contributed by atoms with Gasteiger partial charge < -0.3 is 19.5 Å². The molecule has 2 aliphatic heterocycles. The van der Waals surface area contributed by atoms with Gasteiger partial charge in [-0.3, -0.25) is 0 Å². The summed E-state index contributed by atoms with van der Waals surface area (Å²) in [5.41, 5.74) is 2.14. The highest BCUT2D eigenvalue weighted by molar-refractivity contribution is 5.37. The van der Waals surface area contributed by atoms with E-state index in [0.29, 0.717) is 12.1 Å². The number of methoxy groups -OCH3 is 1. The number of rotatable bonds is 5. The Morgan fingerprint density at radius 3 is 2.35 bits per heavy atom. The van der Waals surface area contributed by atoms with Crippen molar-refractivity contribution in [1.29, 1.82) is 0 Å². The third-order valence-corrected chi connectivity index (χ3v) is 5.98. The van der Waals surface area contributed by atoms with Crippen molar-refractivity contribution in [3.8, 4) is 11.5 Å². The van der Waals surface area contributed by atoms with E-state index in [9.17, 15) is 5.11 Å².